The number of benzene rings is 2. The first kappa shape index (κ1) is 22.6. The number of hydrogen-bond acceptors (Lipinski definition) is 4. The van der Waals surface area contributed by atoms with Crippen LogP contribution in [0.3, 0.4) is 0 Å². The van der Waals surface area contributed by atoms with Crippen molar-refractivity contribution in [3.05, 3.63) is 70.4 Å². The molecule has 0 radical (unpaired) electrons. The van der Waals surface area contributed by atoms with Crippen LogP contribution in [0, 0.1) is 6.92 Å². The molecule has 6 heteroatoms. The van der Waals surface area contributed by atoms with Crippen LogP contribution >= 0.6 is 11.6 Å². The largest absolute Gasteiger partial charge is 0.497 e. The van der Waals surface area contributed by atoms with Gasteiger partial charge in [0.15, 0.2) is 0 Å². The van der Waals surface area contributed by atoms with Crippen molar-refractivity contribution in [1.29, 1.82) is 0 Å². The van der Waals surface area contributed by atoms with Gasteiger partial charge in [-0.15, -0.1) is 0 Å². The highest BCUT2D eigenvalue weighted by Crippen LogP contribution is 2.28. The molecule has 3 aromatic rings. The number of pyridine rings is 1. The molecule has 32 heavy (non-hydrogen) atoms. The van der Waals surface area contributed by atoms with Crippen LogP contribution in [-0.2, 0) is 17.8 Å². The van der Waals surface area contributed by atoms with Gasteiger partial charge in [-0.05, 0) is 49.1 Å². The van der Waals surface area contributed by atoms with Crippen LogP contribution in [0.4, 0.5) is 0 Å². The van der Waals surface area contributed by atoms with Crippen molar-refractivity contribution < 1.29 is 9.53 Å². The SMILES string of the molecule is COc1ccc(CCC(=O)N2CCCN(Cc3nc4ccccc4c(C)c3Cl)CC2)cc1. The van der Waals surface area contributed by atoms with Crippen molar-refractivity contribution >= 4 is 28.4 Å². The lowest BCUT2D eigenvalue weighted by Gasteiger charge is -2.22. The number of carbonyl (C=O) groups is 1. The second kappa shape index (κ2) is 10.3. The molecule has 2 aromatic carbocycles. The maximum atomic E-state index is 12.8. The molecule has 0 atom stereocenters. The van der Waals surface area contributed by atoms with E-state index < -0.39 is 0 Å². The molecule has 1 aromatic heterocycles. The van der Waals surface area contributed by atoms with Crippen LogP contribution in [0.1, 0.15) is 29.7 Å². The fraction of sp³-hybridized carbons (Fsp3) is 0.385. The Morgan fingerprint density at radius 3 is 2.62 bits per heavy atom. The predicted molar refractivity (Wildman–Crippen MR) is 129 cm³/mol. The summed E-state index contributed by atoms with van der Waals surface area (Å²) in [4.78, 5) is 22.0. The zero-order chi connectivity index (χ0) is 22.5. The van der Waals surface area contributed by atoms with Crippen molar-refractivity contribution in [3.63, 3.8) is 0 Å². The number of amides is 1. The number of rotatable bonds is 6. The summed E-state index contributed by atoms with van der Waals surface area (Å²) < 4.78 is 5.20. The Morgan fingerprint density at radius 1 is 1.06 bits per heavy atom. The smallest absolute Gasteiger partial charge is 0.222 e. The van der Waals surface area contributed by atoms with Gasteiger partial charge in [-0.25, -0.2) is 4.98 Å². The Bertz CT molecular complexity index is 1080. The first-order chi connectivity index (χ1) is 15.5. The van der Waals surface area contributed by atoms with Crippen LogP contribution in [0.5, 0.6) is 5.75 Å². The highest BCUT2D eigenvalue weighted by atomic mass is 35.5. The Morgan fingerprint density at radius 2 is 1.84 bits per heavy atom. The summed E-state index contributed by atoms with van der Waals surface area (Å²) in [6.07, 6.45) is 2.24. The van der Waals surface area contributed by atoms with Crippen LogP contribution < -0.4 is 4.74 Å². The molecule has 5 nitrogen and oxygen atoms in total. The van der Waals surface area contributed by atoms with Gasteiger partial charge in [-0.2, -0.15) is 0 Å². The third kappa shape index (κ3) is 5.22. The van der Waals surface area contributed by atoms with Crippen LogP contribution in [0.15, 0.2) is 48.5 Å². The number of ether oxygens (including phenoxy) is 1. The molecule has 1 saturated heterocycles. The van der Waals surface area contributed by atoms with Gasteiger partial charge in [0.25, 0.3) is 0 Å². The highest BCUT2D eigenvalue weighted by molar-refractivity contribution is 6.32. The van der Waals surface area contributed by atoms with Crippen molar-refractivity contribution in [2.45, 2.75) is 32.7 Å². The minimum Gasteiger partial charge on any atom is -0.497 e. The second-order valence-electron chi connectivity index (χ2n) is 8.37. The van der Waals surface area contributed by atoms with E-state index in [-0.39, 0.29) is 5.91 Å². The van der Waals surface area contributed by atoms with E-state index in [2.05, 4.69) is 17.9 Å². The van der Waals surface area contributed by atoms with Crippen molar-refractivity contribution in [1.82, 2.24) is 14.8 Å². The molecule has 0 aliphatic carbocycles. The van der Waals surface area contributed by atoms with E-state index in [0.717, 1.165) is 77.5 Å². The van der Waals surface area contributed by atoms with Gasteiger partial charge in [0.2, 0.25) is 5.91 Å². The standard InChI is InChI=1S/C26H30ClN3O2/c1-19-22-6-3-4-7-23(22)28-24(26(19)27)18-29-14-5-15-30(17-16-29)25(31)13-10-20-8-11-21(32-2)12-9-20/h3-4,6-9,11-12H,5,10,13-18H2,1-2H3. The number of nitrogens with zero attached hydrogens (tertiary/aromatic N) is 3. The monoisotopic (exact) mass is 451 g/mol. The predicted octanol–water partition coefficient (Wildman–Crippen LogP) is 4.87. The third-order valence-electron chi connectivity index (χ3n) is 6.25. The number of carbonyl (C=O) groups excluding carboxylic acids is 1. The molecule has 1 fully saturated rings. The zero-order valence-corrected chi connectivity index (χ0v) is 19.6. The van der Waals surface area contributed by atoms with E-state index in [9.17, 15) is 4.79 Å². The summed E-state index contributed by atoms with van der Waals surface area (Å²) in [6, 6.07) is 16.1. The van der Waals surface area contributed by atoms with Gasteiger partial charge in [-0.1, -0.05) is 41.9 Å². The lowest BCUT2D eigenvalue weighted by Crippen LogP contribution is -2.35. The molecular formula is C26H30ClN3O2. The molecule has 168 valence electrons. The fourth-order valence-corrected chi connectivity index (χ4v) is 4.52. The Balaban J connectivity index is 1.34. The van der Waals surface area contributed by atoms with Crippen LogP contribution in [0.2, 0.25) is 5.02 Å². The molecule has 4 rings (SSSR count). The topological polar surface area (TPSA) is 45.7 Å². The Kier molecular flexibility index (Phi) is 7.28. The van der Waals surface area contributed by atoms with E-state index >= 15 is 0 Å². The molecule has 1 aliphatic rings. The van der Waals surface area contributed by atoms with Gasteiger partial charge in [0.1, 0.15) is 5.75 Å². The first-order valence-corrected chi connectivity index (χ1v) is 11.6. The number of methoxy groups -OCH3 is 1. The number of aryl methyl sites for hydroxylation is 2. The van der Waals surface area contributed by atoms with E-state index in [0.29, 0.717) is 13.0 Å². The van der Waals surface area contributed by atoms with Crippen molar-refractivity contribution in [2.24, 2.45) is 0 Å². The molecular weight excluding hydrogens is 422 g/mol. The van der Waals surface area contributed by atoms with Gasteiger partial charge in [-0.3, -0.25) is 9.69 Å². The van der Waals surface area contributed by atoms with E-state index in [4.69, 9.17) is 21.3 Å². The number of halogens is 1. The summed E-state index contributed by atoms with van der Waals surface area (Å²) >= 11 is 6.67. The molecule has 0 bridgehead atoms. The Labute approximate surface area is 194 Å². The van der Waals surface area contributed by atoms with Crippen LogP contribution in [-0.4, -0.2) is 54.0 Å². The maximum Gasteiger partial charge on any atom is 0.222 e. The van der Waals surface area contributed by atoms with Gasteiger partial charge in [0, 0.05) is 44.5 Å². The summed E-state index contributed by atoms with van der Waals surface area (Å²) in [5.41, 5.74) is 4.14. The van der Waals surface area contributed by atoms with Gasteiger partial charge >= 0.3 is 0 Å². The summed E-state index contributed by atoms with van der Waals surface area (Å²) in [5.74, 6) is 1.06. The average Bonchev–Trinajstić information content (AvgIpc) is 3.07. The van der Waals surface area contributed by atoms with E-state index in [1.807, 2.05) is 47.4 Å². The van der Waals surface area contributed by atoms with Gasteiger partial charge < -0.3 is 9.64 Å². The number of hydrogen-bond donors (Lipinski definition) is 0. The molecule has 0 unspecified atom stereocenters. The third-order valence-corrected chi connectivity index (χ3v) is 6.75. The summed E-state index contributed by atoms with van der Waals surface area (Å²) in [6.45, 7) is 6.08. The van der Waals surface area contributed by atoms with E-state index in [1.165, 1.54) is 0 Å². The zero-order valence-electron chi connectivity index (χ0n) is 18.8. The summed E-state index contributed by atoms with van der Waals surface area (Å²) in [5, 5.41) is 1.85. The molecule has 1 aliphatic heterocycles. The molecule has 0 saturated carbocycles. The molecule has 2 heterocycles. The average molecular weight is 452 g/mol. The maximum absolute atomic E-state index is 12.8. The highest BCUT2D eigenvalue weighted by Gasteiger charge is 2.21. The van der Waals surface area contributed by atoms with Crippen molar-refractivity contribution in [3.8, 4) is 5.75 Å². The van der Waals surface area contributed by atoms with Gasteiger partial charge in [0.05, 0.1) is 23.3 Å². The minimum atomic E-state index is 0.223. The first-order valence-electron chi connectivity index (χ1n) is 11.2. The minimum absolute atomic E-state index is 0.223. The number of fused-ring (bicyclic) bond motifs is 1. The van der Waals surface area contributed by atoms with E-state index in [1.54, 1.807) is 7.11 Å². The van der Waals surface area contributed by atoms with Crippen molar-refractivity contribution in [2.75, 3.05) is 33.3 Å². The summed E-state index contributed by atoms with van der Waals surface area (Å²) in [7, 11) is 1.66. The Hall–Kier alpha value is -2.63. The molecule has 0 N–H and O–H groups in total. The lowest BCUT2D eigenvalue weighted by atomic mass is 10.1. The normalized spacial score (nSPS) is 15.0. The molecule has 0 spiro atoms. The number of aromatic nitrogens is 1. The van der Waals surface area contributed by atoms with Crippen LogP contribution in [0.25, 0.3) is 10.9 Å². The fourth-order valence-electron chi connectivity index (χ4n) is 4.31. The number of para-hydroxylation sites is 1. The molecule has 1 amide bonds. The second-order valence-corrected chi connectivity index (χ2v) is 8.75. The quantitative estimate of drug-likeness (QED) is 0.536. The lowest BCUT2D eigenvalue weighted by molar-refractivity contribution is -0.131.